The van der Waals surface area contributed by atoms with Gasteiger partial charge in [-0.1, -0.05) is 29.8 Å². The fraction of sp³-hybridized carbons (Fsp3) is 0.600. The first-order chi connectivity index (χ1) is 9.38. The topological polar surface area (TPSA) is 20.2 Å². The van der Waals surface area contributed by atoms with E-state index in [-0.39, 0.29) is 18.8 Å². The van der Waals surface area contributed by atoms with Crippen LogP contribution in [0.1, 0.15) is 31.2 Å². The minimum atomic E-state index is -4.10. The van der Waals surface area contributed by atoms with Crippen molar-refractivity contribution in [2.45, 2.75) is 44.4 Å². The standard InChI is InChI=1S/C15H18ClF3O/c16-13-4-2-1-3-11(13)9-14(20)10-5-7-12(8-6-10)15(17,18)19/h1-4,10,12,14,20H,5-9H2. The highest BCUT2D eigenvalue weighted by atomic mass is 35.5. The van der Waals surface area contributed by atoms with Crippen molar-refractivity contribution < 1.29 is 18.3 Å². The number of hydrogen-bond acceptors (Lipinski definition) is 1. The molecule has 1 aliphatic rings. The first kappa shape index (κ1) is 15.6. The van der Waals surface area contributed by atoms with Crippen molar-refractivity contribution >= 4 is 11.6 Å². The Morgan fingerprint density at radius 1 is 1.15 bits per heavy atom. The van der Waals surface area contributed by atoms with Crippen LogP contribution >= 0.6 is 11.6 Å². The van der Waals surface area contributed by atoms with Gasteiger partial charge in [0.2, 0.25) is 0 Å². The second-order valence-corrected chi connectivity index (χ2v) is 5.92. The maximum absolute atomic E-state index is 12.6. The highest BCUT2D eigenvalue weighted by Crippen LogP contribution is 2.40. The number of aliphatic hydroxyl groups is 1. The molecule has 1 aromatic carbocycles. The second kappa shape index (κ2) is 6.35. The molecule has 0 radical (unpaired) electrons. The van der Waals surface area contributed by atoms with Crippen LogP contribution in [0, 0.1) is 11.8 Å². The molecule has 1 atom stereocenters. The first-order valence-corrected chi connectivity index (χ1v) is 7.24. The molecule has 0 spiro atoms. The molecule has 0 aliphatic heterocycles. The lowest BCUT2D eigenvalue weighted by Crippen LogP contribution is -2.32. The van der Waals surface area contributed by atoms with E-state index in [2.05, 4.69) is 0 Å². The van der Waals surface area contributed by atoms with Gasteiger partial charge in [0.05, 0.1) is 12.0 Å². The van der Waals surface area contributed by atoms with E-state index in [4.69, 9.17) is 11.6 Å². The van der Waals surface area contributed by atoms with Gasteiger partial charge in [0.1, 0.15) is 0 Å². The lowest BCUT2D eigenvalue weighted by atomic mass is 9.78. The van der Waals surface area contributed by atoms with Gasteiger partial charge < -0.3 is 5.11 Å². The van der Waals surface area contributed by atoms with Crippen molar-refractivity contribution in [1.82, 2.24) is 0 Å². The predicted molar refractivity (Wildman–Crippen MR) is 72.7 cm³/mol. The zero-order valence-electron chi connectivity index (χ0n) is 11.0. The third kappa shape index (κ3) is 3.89. The first-order valence-electron chi connectivity index (χ1n) is 6.86. The van der Waals surface area contributed by atoms with Gasteiger partial charge in [-0.15, -0.1) is 0 Å². The Balaban J connectivity index is 1.89. The van der Waals surface area contributed by atoms with Gasteiger partial charge in [0, 0.05) is 11.4 Å². The molecule has 2 rings (SSSR count). The second-order valence-electron chi connectivity index (χ2n) is 5.52. The van der Waals surface area contributed by atoms with Crippen LogP contribution in [0.2, 0.25) is 5.02 Å². The van der Waals surface area contributed by atoms with E-state index >= 15 is 0 Å². The van der Waals surface area contributed by atoms with E-state index in [1.807, 2.05) is 18.2 Å². The summed E-state index contributed by atoms with van der Waals surface area (Å²) in [5, 5.41) is 10.8. The number of hydrogen-bond donors (Lipinski definition) is 1. The number of rotatable bonds is 3. The summed E-state index contributed by atoms with van der Waals surface area (Å²) in [7, 11) is 0. The fourth-order valence-corrected chi connectivity index (χ4v) is 3.10. The van der Waals surface area contributed by atoms with Crippen molar-refractivity contribution in [3.05, 3.63) is 34.9 Å². The van der Waals surface area contributed by atoms with E-state index in [0.29, 0.717) is 24.3 Å². The van der Waals surface area contributed by atoms with Crippen LogP contribution in [0.3, 0.4) is 0 Å². The van der Waals surface area contributed by atoms with Crippen molar-refractivity contribution in [2.24, 2.45) is 11.8 Å². The molecule has 1 fully saturated rings. The molecule has 0 bridgehead atoms. The number of aliphatic hydroxyl groups excluding tert-OH is 1. The summed E-state index contributed by atoms with van der Waals surface area (Å²) >= 11 is 6.03. The fourth-order valence-electron chi connectivity index (χ4n) is 2.89. The normalized spacial score (nSPS) is 25.4. The summed E-state index contributed by atoms with van der Waals surface area (Å²) in [5.74, 6) is -1.27. The third-order valence-corrected chi connectivity index (χ3v) is 4.53. The quantitative estimate of drug-likeness (QED) is 0.864. The Kier molecular flexibility index (Phi) is 4.97. The Bertz CT molecular complexity index is 439. The molecule has 1 nitrogen and oxygen atoms in total. The van der Waals surface area contributed by atoms with Gasteiger partial charge >= 0.3 is 6.18 Å². The lowest BCUT2D eigenvalue weighted by molar-refractivity contribution is -0.185. The Morgan fingerprint density at radius 2 is 1.75 bits per heavy atom. The van der Waals surface area contributed by atoms with Crippen molar-refractivity contribution in [3.63, 3.8) is 0 Å². The zero-order chi connectivity index (χ0) is 14.8. The molecule has 5 heteroatoms. The highest BCUT2D eigenvalue weighted by molar-refractivity contribution is 6.31. The summed E-state index contributed by atoms with van der Waals surface area (Å²) in [5.41, 5.74) is 0.847. The molecular weight excluding hydrogens is 289 g/mol. The average Bonchev–Trinajstić information content (AvgIpc) is 2.40. The largest absolute Gasteiger partial charge is 0.392 e. The molecule has 1 N–H and O–H groups in total. The minimum Gasteiger partial charge on any atom is -0.392 e. The van der Waals surface area contributed by atoms with Gasteiger partial charge in [-0.25, -0.2) is 0 Å². The minimum absolute atomic E-state index is 0.0649. The monoisotopic (exact) mass is 306 g/mol. The zero-order valence-corrected chi connectivity index (χ0v) is 11.8. The van der Waals surface area contributed by atoms with Crippen molar-refractivity contribution in [1.29, 1.82) is 0 Å². The summed E-state index contributed by atoms with van der Waals surface area (Å²) in [6, 6.07) is 7.25. The molecule has 1 saturated carbocycles. The smallest absolute Gasteiger partial charge is 0.391 e. The lowest BCUT2D eigenvalue weighted by Gasteiger charge is -2.32. The van der Waals surface area contributed by atoms with Gasteiger partial charge in [-0.2, -0.15) is 13.2 Å². The van der Waals surface area contributed by atoms with E-state index < -0.39 is 18.2 Å². The van der Waals surface area contributed by atoms with Gasteiger partial charge in [0.25, 0.3) is 0 Å². The van der Waals surface area contributed by atoms with E-state index in [9.17, 15) is 18.3 Å². The van der Waals surface area contributed by atoms with Gasteiger partial charge in [-0.05, 0) is 43.2 Å². The molecular formula is C15H18ClF3O. The third-order valence-electron chi connectivity index (χ3n) is 4.17. The maximum Gasteiger partial charge on any atom is 0.391 e. The number of benzene rings is 1. The summed E-state index contributed by atoms with van der Waals surface area (Å²) in [6.07, 6.45) is -3.23. The molecule has 0 heterocycles. The van der Waals surface area contributed by atoms with Crippen LogP contribution in [0.5, 0.6) is 0 Å². The summed E-state index contributed by atoms with van der Waals surface area (Å²) in [4.78, 5) is 0. The molecule has 20 heavy (non-hydrogen) atoms. The van der Waals surface area contributed by atoms with Crippen LogP contribution in [0.4, 0.5) is 13.2 Å². The van der Waals surface area contributed by atoms with Crippen LogP contribution in [0.25, 0.3) is 0 Å². The van der Waals surface area contributed by atoms with Crippen molar-refractivity contribution in [3.8, 4) is 0 Å². The molecule has 1 aromatic rings. The van der Waals surface area contributed by atoms with Crippen LogP contribution < -0.4 is 0 Å². The molecule has 0 amide bonds. The van der Waals surface area contributed by atoms with Crippen LogP contribution in [0.15, 0.2) is 24.3 Å². The Hall–Kier alpha value is -0.740. The number of halogens is 4. The predicted octanol–water partition coefficient (Wildman–Crippen LogP) is 4.61. The van der Waals surface area contributed by atoms with E-state index in [0.717, 1.165) is 5.56 Å². The Morgan fingerprint density at radius 3 is 2.30 bits per heavy atom. The molecule has 0 aromatic heterocycles. The van der Waals surface area contributed by atoms with Gasteiger partial charge in [-0.3, -0.25) is 0 Å². The molecule has 112 valence electrons. The average molecular weight is 307 g/mol. The van der Waals surface area contributed by atoms with Gasteiger partial charge in [0.15, 0.2) is 0 Å². The van der Waals surface area contributed by atoms with E-state index in [1.54, 1.807) is 6.07 Å². The summed E-state index contributed by atoms with van der Waals surface area (Å²) in [6.45, 7) is 0. The molecule has 1 unspecified atom stereocenters. The van der Waals surface area contributed by atoms with Crippen LogP contribution in [-0.2, 0) is 6.42 Å². The highest BCUT2D eigenvalue weighted by Gasteiger charge is 2.42. The van der Waals surface area contributed by atoms with Crippen molar-refractivity contribution in [2.75, 3.05) is 0 Å². The molecule has 1 aliphatic carbocycles. The molecule has 0 saturated heterocycles. The Labute approximate surface area is 121 Å². The van der Waals surface area contributed by atoms with Crippen LogP contribution in [-0.4, -0.2) is 17.4 Å². The maximum atomic E-state index is 12.6. The SMILES string of the molecule is OC(Cc1ccccc1Cl)C1CCC(C(F)(F)F)CC1. The van der Waals surface area contributed by atoms with E-state index in [1.165, 1.54) is 0 Å². The summed E-state index contributed by atoms with van der Waals surface area (Å²) < 4.78 is 37.8. The number of alkyl halides is 3.